The SMILES string of the molecule is COCCNc1ncnc2[nH]cc(C#N)c12. The van der Waals surface area contributed by atoms with Crippen molar-refractivity contribution in [1.82, 2.24) is 15.0 Å². The molecule has 0 saturated carbocycles. The number of nitrogens with one attached hydrogen (secondary N) is 2. The van der Waals surface area contributed by atoms with Gasteiger partial charge in [-0.05, 0) is 0 Å². The zero-order valence-corrected chi connectivity index (χ0v) is 8.82. The highest BCUT2D eigenvalue weighted by atomic mass is 16.5. The fourth-order valence-electron chi connectivity index (χ4n) is 1.46. The van der Waals surface area contributed by atoms with Crippen LogP contribution in [0.1, 0.15) is 5.56 Å². The molecule has 0 aliphatic rings. The number of methoxy groups -OCH3 is 1. The summed E-state index contributed by atoms with van der Waals surface area (Å²) in [6.07, 6.45) is 3.08. The van der Waals surface area contributed by atoms with Crippen LogP contribution in [0.4, 0.5) is 5.82 Å². The summed E-state index contributed by atoms with van der Waals surface area (Å²) in [5.41, 5.74) is 1.20. The van der Waals surface area contributed by atoms with Gasteiger partial charge in [0, 0.05) is 19.9 Å². The first-order valence-electron chi connectivity index (χ1n) is 4.82. The number of ether oxygens (including phenoxy) is 1. The lowest BCUT2D eigenvalue weighted by Crippen LogP contribution is -2.09. The molecule has 6 nitrogen and oxygen atoms in total. The summed E-state index contributed by atoms with van der Waals surface area (Å²) >= 11 is 0. The van der Waals surface area contributed by atoms with Crippen LogP contribution in [0.3, 0.4) is 0 Å². The Morgan fingerprint density at radius 3 is 3.19 bits per heavy atom. The van der Waals surface area contributed by atoms with Crippen molar-refractivity contribution in [2.24, 2.45) is 0 Å². The number of fused-ring (bicyclic) bond motifs is 1. The van der Waals surface area contributed by atoms with E-state index >= 15 is 0 Å². The van der Waals surface area contributed by atoms with Crippen LogP contribution in [0.15, 0.2) is 12.5 Å². The number of anilines is 1. The molecule has 0 unspecified atom stereocenters. The summed E-state index contributed by atoms with van der Waals surface area (Å²) < 4.78 is 4.93. The molecule has 2 heterocycles. The number of hydrogen-bond acceptors (Lipinski definition) is 5. The van der Waals surface area contributed by atoms with E-state index in [1.54, 1.807) is 13.3 Å². The second kappa shape index (κ2) is 4.59. The predicted octanol–water partition coefficient (Wildman–Crippen LogP) is 0.888. The van der Waals surface area contributed by atoms with Gasteiger partial charge in [0.25, 0.3) is 0 Å². The molecule has 2 aromatic rings. The molecule has 0 atom stereocenters. The Morgan fingerprint density at radius 1 is 1.56 bits per heavy atom. The summed E-state index contributed by atoms with van der Waals surface area (Å²) in [5.74, 6) is 0.653. The number of hydrogen-bond donors (Lipinski definition) is 2. The molecule has 0 fully saturated rings. The van der Waals surface area contributed by atoms with Crippen molar-refractivity contribution in [3.63, 3.8) is 0 Å². The maximum Gasteiger partial charge on any atom is 0.144 e. The van der Waals surface area contributed by atoms with Gasteiger partial charge in [0.05, 0.1) is 17.6 Å². The molecule has 0 radical (unpaired) electrons. The number of H-pyrrole nitrogens is 1. The van der Waals surface area contributed by atoms with Crippen molar-refractivity contribution in [3.05, 3.63) is 18.1 Å². The van der Waals surface area contributed by atoms with E-state index < -0.39 is 0 Å². The predicted molar refractivity (Wildman–Crippen MR) is 59.0 cm³/mol. The van der Waals surface area contributed by atoms with E-state index in [0.29, 0.717) is 30.2 Å². The van der Waals surface area contributed by atoms with Crippen LogP contribution in [0.2, 0.25) is 0 Å². The quantitative estimate of drug-likeness (QED) is 0.742. The summed E-state index contributed by atoms with van der Waals surface area (Å²) in [5, 5.41) is 12.8. The molecule has 82 valence electrons. The van der Waals surface area contributed by atoms with E-state index in [1.165, 1.54) is 6.33 Å². The lowest BCUT2D eigenvalue weighted by molar-refractivity contribution is 0.210. The van der Waals surface area contributed by atoms with Crippen LogP contribution in [0, 0.1) is 11.3 Å². The first-order valence-corrected chi connectivity index (χ1v) is 4.82. The monoisotopic (exact) mass is 217 g/mol. The Morgan fingerprint density at radius 2 is 2.44 bits per heavy atom. The van der Waals surface area contributed by atoms with Gasteiger partial charge in [-0.1, -0.05) is 0 Å². The largest absolute Gasteiger partial charge is 0.383 e. The first-order chi connectivity index (χ1) is 7.86. The lowest BCUT2D eigenvalue weighted by Gasteiger charge is -2.05. The van der Waals surface area contributed by atoms with Crippen molar-refractivity contribution in [3.8, 4) is 6.07 Å². The highest BCUT2D eigenvalue weighted by Crippen LogP contribution is 2.21. The van der Waals surface area contributed by atoms with Crippen LogP contribution in [-0.2, 0) is 4.74 Å². The molecule has 0 aromatic carbocycles. The van der Waals surface area contributed by atoms with Gasteiger partial charge in [-0.25, -0.2) is 9.97 Å². The zero-order chi connectivity index (χ0) is 11.4. The van der Waals surface area contributed by atoms with Crippen LogP contribution in [-0.4, -0.2) is 35.2 Å². The smallest absolute Gasteiger partial charge is 0.144 e. The molecular formula is C10H11N5O. The Labute approximate surface area is 92.3 Å². The molecule has 0 aliphatic heterocycles. The minimum Gasteiger partial charge on any atom is -0.383 e. The third kappa shape index (κ3) is 1.81. The fraction of sp³-hybridized carbons (Fsp3) is 0.300. The summed E-state index contributed by atoms with van der Waals surface area (Å²) in [6.45, 7) is 1.22. The van der Waals surface area contributed by atoms with Gasteiger partial charge in [-0.15, -0.1) is 0 Å². The number of rotatable bonds is 4. The molecule has 0 aliphatic carbocycles. The Kier molecular flexibility index (Phi) is 2.98. The Balaban J connectivity index is 2.36. The number of nitrogens with zero attached hydrogens (tertiary/aromatic N) is 3. The van der Waals surface area contributed by atoms with Gasteiger partial charge < -0.3 is 15.0 Å². The minimum absolute atomic E-state index is 0.538. The average Bonchev–Trinajstić information content (AvgIpc) is 2.73. The van der Waals surface area contributed by atoms with Crippen molar-refractivity contribution in [2.45, 2.75) is 0 Å². The molecule has 0 spiro atoms. The normalized spacial score (nSPS) is 10.2. The Bertz CT molecular complexity index is 527. The highest BCUT2D eigenvalue weighted by molar-refractivity contribution is 5.92. The van der Waals surface area contributed by atoms with Crippen LogP contribution in [0.25, 0.3) is 11.0 Å². The molecule has 0 saturated heterocycles. The van der Waals surface area contributed by atoms with Crippen molar-refractivity contribution < 1.29 is 4.74 Å². The molecule has 16 heavy (non-hydrogen) atoms. The van der Waals surface area contributed by atoms with Crippen molar-refractivity contribution in [2.75, 3.05) is 25.6 Å². The topological polar surface area (TPSA) is 86.6 Å². The molecule has 0 bridgehead atoms. The van der Waals surface area contributed by atoms with Gasteiger partial charge in [0.15, 0.2) is 0 Å². The van der Waals surface area contributed by atoms with Gasteiger partial charge in [-0.2, -0.15) is 5.26 Å². The average molecular weight is 217 g/mol. The number of aromatic nitrogens is 3. The van der Waals surface area contributed by atoms with Crippen molar-refractivity contribution >= 4 is 16.9 Å². The van der Waals surface area contributed by atoms with E-state index in [9.17, 15) is 0 Å². The van der Waals surface area contributed by atoms with E-state index in [0.717, 1.165) is 5.39 Å². The Hall–Kier alpha value is -2.13. The third-order valence-corrected chi connectivity index (χ3v) is 2.19. The molecular weight excluding hydrogens is 206 g/mol. The molecule has 2 N–H and O–H groups in total. The van der Waals surface area contributed by atoms with Gasteiger partial charge >= 0.3 is 0 Å². The summed E-state index contributed by atoms with van der Waals surface area (Å²) in [6, 6.07) is 2.10. The molecule has 0 amide bonds. The van der Waals surface area contributed by atoms with Crippen LogP contribution < -0.4 is 5.32 Å². The number of nitriles is 1. The van der Waals surface area contributed by atoms with E-state index in [4.69, 9.17) is 10.00 Å². The second-order valence-corrected chi connectivity index (χ2v) is 3.18. The first kappa shape index (κ1) is 10.4. The molecule has 2 aromatic heterocycles. The van der Waals surface area contributed by atoms with Crippen LogP contribution >= 0.6 is 0 Å². The van der Waals surface area contributed by atoms with Crippen LogP contribution in [0.5, 0.6) is 0 Å². The minimum atomic E-state index is 0.538. The fourth-order valence-corrected chi connectivity index (χ4v) is 1.46. The van der Waals surface area contributed by atoms with E-state index in [-0.39, 0.29) is 0 Å². The van der Waals surface area contributed by atoms with Gasteiger partial charge in [-0.3, -0.25) is 0 Å². The summed E-state index contributed by atoms with van der Waals surface area (Å²) in [4.78, 5) is 11.1. The second-order valence-electron chi connectivity index (χ2n) is 3.18. The molecule has 6 heteroatoms. The zero-order valence-electron chi connectivity index (χ0n) is 8.82. The highest BCUT2D eigenvalue weighted by Gasteiger charge is 2.09. The number of aromatic amines is 1. The van der Waals surface area contributed by atoms with E-state index in [1.807, 2.05) is 0 Å². The molecule has 2 rings (SSSR count). The van der Waals surface area contributed by atoms with Crippen molar-refractivity contribution in [1.29, 1.82) is 5.26 Å². The lowest BCUT2D eigenvalue weighted by atomic mass is 10.2. The van der Waals surface area contributed by atoms with E-state index in [2.05, 4.69) is 26.3 Å². The van der Waals surface area contributed by atoms with Gasteiger partial charge in [0.2, 0.25) is 0 Å². The summed E-state index contributed by atoms with van der Waals surface area (Å²) in [7, 11) is 1.63. The standard InChI is InChI=1S/C10H11N5O/c1-16-3-2-12-9-8-7(4-11)5-13-10(8)15-6-14-9/h5-6H,2-3H2,1H3,(H2,12,13,14,15). The van der Waals surface area contributed by atoms with Gasteiger partial charge in [0.1, 0.15) is 23.9 Å². The maximum atomic E-state index is 8.94. The maximum absolute atomic E-state index is 8.94. The third-order valence-electron chi connectivity index (χ3n) is 2.19.